The van der Waals surface area contributed by atoms with E-state index >= 15 is 0 Å². The molecule has 0 amide bonds. The van der Waals surface area contributed by atoms with Crippen LogP contribution in [0.25, 0.3) is 5.69 Å². The first-order valence-corrected chi connectivity index (χ1v) is 11.2. The summed E-state index contributed by atoms with van der Waals surface area (Å²) in [5.41, 5.74) is 11.6. The molecule has 0 fully saturated rings. The highest BCUT2D eigenvalue weighted by molar-refractivity contribution is 6.29. The Labute approximate surface area is 198 Å². The highest BCUT2D eigenvalue weighted by Crippen LogP contribution is 2.41. The number of nitrogens with two attached hydrogens (primary N) is 1. The maximum Gasteiger partial charge on any atom is 0.335 e. The molecule has 4 aromatic rings. The predicted molar refractivity (Wildman–Crippen MR) is 131 cm³/mol. The molecular formula is C25H26ClN6O+. The molecule has 0 radical (unpaired) electrons. The molecule has 8 heteroatoms. The minimum atomic E-state index is 0.230. The number of anilines is 1. The van der Waals surface area contributed by atoms with Crippen LogP contribution >= 0.6 is 11.6 Å². The molecule has 2 N–H and O–H groups in total. The summed E-state index contributed by atoms with van der Waals surface area (Å²) in [5, 5.41) is 0.423. The van der Waals surface area contributed by atoms with Crippen molar-refractivity contribution in [1.29, 1.82) is 0 Å². The number of methoxy groups -OCH3 is 1. The van der Waals surface area contributed by atoms with Gasteiger partial charge in [0.15, 0.2) is 0 Å². The quantitative estimate of drug-likeness (QED) is 0.428. The lowest BCUT2D eigenvalue weighted by Crippen LogP contribution is -2.36. The SMILES string of the molecule is COc1cc([N+](C)(C)c2nc(N)c3c(n2)[C@H](c2ccccc2)CC3)ccc1-n1cnc(Cl)c1. The number of halogens is 1. The van der Waals surface area contributed by atoms with Gasteiger partial charge in [-0.3, -0.25) is 0 Å². The number of hydrogen-bond acceptors (Lipinski definition) is 5. The second kappa shape index (κ2) is 8.17. The topological polar surface area (TPSA) is 78.9 Å². The first-order valence-electron chi connectivity index (χ1n) is 10.8. The Morgan fingerprint density at radius 1 is 1.12 bits per heavy atom. The van der Waals surface area contributed by atoms with Crippen molar-refractivity contribution >= 4 is 29.1 Å². The fraction of sp³-hybridized carbons (Fsp3) is 0.240. The third kappa shape index (κ3) is 3.73. The minimum absolute atomic E-state index is 0.230. The van der Waals surface area contributed by atoms with E-state index in [1.807, 2.05) is 28.8 Å². The number of nitrogen functional groups attached to an aromatic ring is 1. The van der Waals surface area contributed by atoms with Gasteiger partial charge in [-0.1, -0.05) is 41.9 Å². The Bertz CT molecular complexity index is 1320. The zero-order valence-electron chi connectivity index (χ0n) is 18.9. The Morgan fingerprint density at radius 2 is 1.91 bits per heavy atom. The van der Waals surface area contributed by atoms with Gasteiger partial charge in [0.25, 0.3) is 0 Å². The third-order valence-electron chi connectivity index (χ3n) is 6.41. The van der Waals surface area contributed by atoms with E-state index in [4.69, 9.17) is 32.0 Å². The number of quaternary nitrogens is 1. The molecule has 1 aliphatic carbocycles. The summed E-state index contributed by atoms with van der Waals surface area (Å²) in [7, 11) is 5.75. The fourth-order valence-corrected chi connectivity index (χ4v) is 4.66. The molecule has 2 heterocycles. The van der Waals surface area contributed by atoms with Gasteiger partial charge in [-0.25, -0.2) is 9.47 Å². The average Bonchev–Trinajstić information content (AvgIpc) is 3.45. The molecule has 33 heavy (non-hydrogen) atoms. The van der Waals surface area contributed by atoms with Crippen molar-refractivity contribution in [2.45, 2.75) is 18.8 Å². The molecule has 1 aliphatic rings. The summed E-state index contributed by atoms with van der Waals surface area (Å²) in [6, 6.07) is 16.5. The van der Waals surface area contributed by atoms with Crippen LogP contribution in [0.1, 0.15) is 29.2 Å². The smallest absolute Gasteiger partial charge is 0.335 e. The van der Waals surface area contributed by atoms with Gasteiger partial charge in [-0.05, 0) is 24.5 Å². The van der Waals surface area contributed by atoms with Crippen LogP contribution < -0.4 is 15.0 Å². The standard InChI is InChI=1S/C25H26ClN6O/c1-32(2,17-9-12-20(21(13-17)33-3)31-14-22(26)28-15-31)25-29-23-18(16-7-5-4-6-8-16)10-11-19(23)24(27)30-25/h4-9,12-15,18H,10-11H2,1-3H3,(H2,27,29,30)/q+1/t18-/m0/s1. The molecule has 0 spiro atoms. The van der Waals surface area contributed by atoms with Gasteiger partial charge < -0.3 is 15.0 Å². The summed E-state index contributed by atoms with van der Waals surface area (Å²) in [6.45, 7) is 0. The number of benzene rings is 2. The number of rotatable bonds is 5. The highest BCUT2D eigenvalue weighted by Gasteiger charge is 2.34. The Hall–Kier alpha value is -3.42. The first-order chi connectivity index (χ1) is 15.9. The molecule has 0 aliphatic heterocycles. The molecule has 0 unspecified atom stereocenters. The third-order valence-corrected chi connectivity index (χ3v) is 6.61. The number of nitrogens with zero attached hydrogens (tertiary/aromatic N) is 5. The van der Waals surface area contributed by atoms with Crippen molar-refractivity contribution in [3.05, 3.63) is 83.0 Å². The van der Waals surface area contributed by atoms with Crippen molar-refractivity contribution in [3.8, 4) is 11.4 Å². The van der Waals surface area contributed by atoms with E-state index in [9.17, 15) is 0 Å². The number of aromatic nitrogens is 4. The van der Waals surface area contributed by atoms with Crippen LogP contribution in [0.2, 0.25) is 5.15 Å². The van der Waals surface area contributed by atoms with Crippen molar-refractivity contribution in [3.63, 3.8) is 0 Å². The molecule has 2 aromatic heterocycles. The van der Waals surface area contributed by atoms with Gasteiger partial charge in [-0.2, -0.15) is 9.97 Å². The molecular weight excluding hydrogens is 436 g/mol. The van der Waals surface area contributed by atoms with Crippen LogP contribution in [0, 0.1) is 0 Å². The molecule has 0 saturated heterocycles. The van der Waals surface area contributed by atoms with Crippen LogP contribution in [-0.2, 0) is 6.42 Å². The maximum absolute atomic E-state index is 6.44. The van der Waals surface area contributed by atoms with Crippen LogP contribution in [0.4, 0.5) is 17.5 Å². The van der Waals surface area contributed by atoms with Crippen molar-refractivity contribution in [2.75, 3.05) is 26.9 Å². The van der Waals surface area contributed by atoms with E-state index in [1.165, 1.54) is 5.56 Å². The Balaban J connectivity index is 1.56. The van der Waals surface area contributed by atoms with Gasteiger partial charge in [0.2, 0.25) is 0 Å². The number of ether oxygens (including phenoxy) is 1. The molecule has 7 nitrogen and oxygen atoms in total. The van der Waals surface area contributed by atoms with Gasteiger partial charge >= 0.3 is 5.95 Å². The summed E-state index contributed by atoms with van der Waals surface area (Å²) >= 11 is 6.00. The lowest BCUT2D eigenvalue weighted by Gasteiger charge is -2.28. The molecule has 5 rings (SSSR count). The zero-order chi connectivity index (χ0) is 23.2. The van der Waals surface area contributed by atoms with Crippen molar-refractivity contribution in [1.82, 2.24) is 24.0 Å². The van der Waals surface area contributed by atoms with Crippen LogP contribution in [0.3, 0.4) is 0 Å². The minimum Gasteiger partial charge on any atom is -0.494 e. The van der Waals surface area contributed by atoms with E-state index in [2.05, 4.69) is 43.3 Å². The van der Waals surface area contributed by atoms with E-state index in [0.717, 1.165) is 35.5 Å². The zero-order valence-corrected chi connectivity index (χ0v) is 19.6. The Kier molecular flexibility index (Phi) is 5.31. The maximum atomic E-state index is 6.44. The molecule has 0 saturated carbocycles. The first kappa shape index (κ1) is 21.4. The monoisotopic (exact) mass is 461 g/mol. The van der Waals surface area contributed by atoms with Crippen LogP contribution in [0.5, 0.6) is 5.75 Å². The average molecular weight is 462 g/mol. The van der Waals surface area contributed by atoms with E-state index < -0.39 is 0 Å². The molecule has 1 atom stereocenters. The number of hydrogen-bond donors (Lipinski definition) is 1. The highest BCUT2D eigenvalue weighted by atomic mass is 35.5. The number of imidazole rings is 1. The number of fused-ring (bicyclic) bond motifs is 1. The molecule has 2 aromatic carbocycles. The van der Waals surface area contributed by atoms with Gasteiger partial charge in [0.1, 0.15) is 28.7 Å². The largest absolute Gasteiger partial charge is 0.494 e. The summed E-state index contributed by atoms with van der Waals surface area (Å²) in [5.74, 6) is 2.14. The lowest BCUT2D eigenvalue weighted by atomic mass is 9.97. The van der Waals surface area contributed by atoms with Gasteiger partial charge in [0, 0.05) is 29.8 Å². The van der Waals surface area contributed by atoms with Crippen LogP contribution in [-0.4, -0.2) is 40.7 Å². The normalized spacial score (nSPS) is 15.5. The van der Waals surface area contributed by atoms with E-state index in [-0.39, 0.29) is 5.92 Å². The van der Waals surface area contributed by atoms with Gasteiger partial charge in [-0.15, -0.1) is 0 Å². The van der Waals surface area contributed by atoms with Crippen LogP contribution in [0.15, 0.2) is 61.1 Å². The van der Waals surface area contributed by atoms with Crippen molar-refractivity contribution in [2.24, 2.45) is 0 Å². The summed E-state index contributed by atoms with van der Waals surface area (Å²) in [6.07, 6.45) is 5.29. The van der Waals surface area contributed by atoms with E-state index in [1.54, 1.807) is 19.6 Å². The predicted octanol–water partition coefficient (Wildman–Crippen LogP) is 4.88. The van der Waals surface area contributed by atoms with Gasteiger partial charge in [0.05, 0.1) is 32.6 Å². The van der Waals surface area contributed by atoms with E-state index in [0.29, 0.717) is 27.2 Å². The summed E-state index contributed by atoms with van der Waals surface area (Å²) in [4.78, 5) is 13.9. The fourth-order valence-electron chi connectivity index (χ4n) is 4.51. The second-order valence-electron chi connectivity index (χ2n) is 8.69. The van der Waals surface area contributed by atoms with Crippen molar-refractivity contribution < 1.29 is 4.74 Å². The Morgan fingerprint density at radius 3 is 2.61 bits per heavy atom. The molecule has 0 bridgehead atoms. The second-order valence-corrected chi connectivity index (χ2v) is 9.08. The lowest BCUT2D eigenvalue weighted by molar-refractivity contribution is 0.410. The summed E-state index contributed by atoms with van der Waals surface area (Å²) < 4.78 is 7.84. The molecule has 168 valence electrons.